The average Bonchev–Trinajstić information content (AvgIpc) is 2.01. The van der Waals surface area contributed by atoms with E-state index in [1.807, 2.05) is 0 Å². The Balaban J connectivity index is 0.00000144. The van der Waals surface area contributed by atoms with Crippen LogP contribution in [0, 0.1) is 5.92 Å². The maximum atomic E-state index is 9.37. The van der Waals surface area contributed by atoms with Gasteiger partial charge in [0.15, 0.2) is 0 Å². The smallest absolute Gasteiger partial charge is 0.132 e. The second-order valence-corrected chi connectivity index (χ2v) is 3.39. The summed E-state index contributed by atoms with van der Waals surface area (Å²) >= 11 is 0. The van der Waals surface area contributed by atoms with Crippen LogP contribution in [0.25, 0.3) is 0 Å². The van der Waals surface area contributed by atoms with E-state index >= 15 is 0 Å². The van der Waals surface area contributed by atoms with Crippen LogP contribution >= 0.6 is 0 Å². The molecule has 6 heteroatoms. The van der Waals surface area contributed by atoms with Crippen molar-refractivity contribution in [1.82, 2.24) is 0 Å². The van der Waals surface area contributed by atoms with E-state index in [2.05, 4.69) is 5.73 Å². The molecule has 0 unspecified atom stereocenters. The van der Waals surface area contributed by atoms with Crippen LogP contribution in [0.1, 0.15) is 6.42 Å². The highest BCUT2D eigenvalue weighted by molar-refractivity contribution is 4.91. The van der Waals surface area contributed by atoms with Crippen LogP contribution in [-0.2, 0) is 0 Å². The first-order valence-corrected chi connectivity index (χ1v) is 4.06. The monoisotopic (exact) mass is 213 g/mol. The van der Waals surface area contributed by atoms with Crippen molar-refractivity contribution in [3.8, 4) is 0 Å². The molecule has 1 rings (SSSR count). The summed E-state index contributed by atoms with van der Waals surface area (Å²) in [6.45, 7) is -0.313. The second-order valence-electron chi connectivity index (χ2n) is 3.39. The van der Waals surface area contributed by atoms with Gasteiger partial charge in [0.05, 0.1) is 18.8 Å². The highest BCUT2D eigenvalue weighted by atomic mass is 35.5. The molecule has 1 saturated carbocycles. The molecule has 7 N–H and O–H groups in total. The molecule has 0 aromatic heterocycles. The minimum absolute atomic E-state index is 0. The normalized spacial score (nSPS) is 45.5. The van der Waals surface area contributed by atoms with Gasteiger partial charge in [-0.3, -0.25) is 0 Å². The number of hydrogen-bond donors (Lipinski definition) is 5. The predicted octanol–water partition coefficient (Wildman–Crippen LogP) is -6.30. The zero-order chi connectivity index (χ0) is 9.30. The Kier molecular flexibility index (Phi) is 5.13. The zero-order valence-electron chi connectivity index (χ0n) is 7.17. The molecule has 5 nitrogen and oxygen atoms in total. The molecule has 0 bridgehead atoms. The topological polar surface area (TPSA) is 109 Å². The second kappa shape index (κ2) is 5.09. The minimum atomic E-state index is -1.07. The van der Waals surface area contributed by atoms with E-state index in [0.29, 0.717) is 6.42 Å². The quantitative estimate of drug-likeness (QED) is 0.299. The largest absolute Gasteiger partial charge is 1.00 e. The summed E-state index contributed by atoms with van der Waals surface area (Å²) in [5.74, 6) is -0.641. The number of rotatable bonds is 1. The van der Waals surface area contributed by atoms with E-state index in [1.54, 1.807) is 0 Å². The Morgan fingerprint density at radius 3 is 2.15 bits per heavy atom. The van der Waals surface area contributed by atoms with E-state index in [-0.39, 0.29) is 25.1 Å². The summed E-state index contributed by atoms with van der Waals surface area (Å²) in [6, 6.07) is -0.363. The van der Waals surface area contributed by atoms with Gasteiger partial charge < -0.3 is 38.6 Å². The van der Waals surface area contributed by atoms with Crippen LogP contribution in [0.4, 0.5) is 0 Å². The molecule has 0 aromatic rings. The lowest BCUT2D eigenvalue weighted by Gasteiger charge is -2.36. The van der Waals surface area contributed by atoms with Gasteiger partial charge in [-0.2, -0.15) is 0 Å². The fraction of sp³-hybridized carbons (Fsp3) is 1.00. The van der Waals surface area contributed by atoms with E-state index < -0.39 is 24.2 Å². The van der Waals surface area contributed by atoms with Crippen LogP contribution in [0.5, 0.6) is 0 Å². The molecule has 0 spiro atoms. The Morgan fingerprint density at radius 1 is 1.15 bits per heavy atom. The third-order valence-electron chi connectivity index (χ3n) is 2.52. The maximum Gasteiger partial charge on any atom is 0.132 e. The SMILES string of the molecule is [Cl-].[NH3+][C@@H]1C[C@H](O)[C@@H](CO)[C@@H](O)[C@H]1O. The Hall–Kier alpha value is 0.0900. The number of aliphatic hydroxyl groups is 4. The lowest BCUT2D eigenvalue weighted by atomic mass is 9.80. The van der Waals surface area contributed by atoms with Crippen LogP contribution in [-0.4, -0.2) is 51.4 Å². The predicted molar refractivity (Wildman–Crippen MR) is 39.9 cm³/mol. The standard InChI is InChI=1S/C7H15NO4.ClH/c8-4-1-5(10)3(2-9)6(11)7(4)12;/h3-7,9-12H,1-2,8H2;1H/t3-,4-,5+,6-,7+;/m1./s1. The van der Waals surface area contributed by atoms with E-state index in [9.17, 15) is 15.3 Å². The molecule has 0 saturated heterocycles. The van der Waals surface area contributed by atoms with Crippen LogP contribution in [0.15, 0.2) is 0 Å². The molecule has 0 aliphatic heterocycles. The van der Waals surface area contributed by atoms with Crippen LogP contribution in [0.3, 0.4) is 0 Å². The van der Waals surface area contributed by atoms with Crippen molar-refractivity contribution in [1.29, 1.82) is 0 Å². The van der Waals surface area contributed by atoms with Crippen molar-refractivity contribution in [2.75, 3.05) is 6.61 Å². The summed E-state index contributed by atoms with van der Waals surface area (Å²) in [5, 5.41) is 36.8. The number of hydrogen-bond acceptors (Lipinski definition) is 4. The van der Waals surface area contributed by atoms with Gasteiger partial charge in [0.2, 0.25) is 0 Å². The van der Waals surface area contributed by atoms with Crippen LogP contribution in [0.2, 0.25) is 0 Å². The van der Waals surface area contributed by atoms with Crippen molar-refractivity contribution < 1.29 is 38.6 Å². The van der Waals surface area contributed by atoms with Crippen molar-refractivity contribution in [3.63, 3.8) is 0 Å². The summed E-state index contributed by atoms with van der Waals surface area (Å²) in [6.07, 6.45) is -2.45. The van der Waals surface area contributed by atoms with Crippen molar-refractivity contribution >= 4 is 0 Å². The van der Waals surface area contributed by atoms with E-state index in [1.165, 1.54) is 0 Å². The molecule has 1 aliphatic carbocycles. The minimum Gasteiger partial charge on any atom is -1.00 e. The first-order chi connectivity index (χ1) is 5.57. The first-order valence-electron chi connectivity index (χ1n) is 4.06. The molecular formula is C7H16ClNO4. The third-order valence-corrected chi connectivity index (χ3v) is 2.52. The number of halogens is 1. The summed E-state index contributed by atoms with van der Waals surface area (Å²) in [5.41, 5.74) is 3.60. The van der Waals surface area contributed by atoms with Gasteiger partial charge in [-0.15, -0.1) is 0 Å². The van der Waals surface area contributed by atoms with Gasteiger partial charge in [-0.25, -0.2) is 0 Å². The van der Waals surface area contributed by atoms with Gasteiger partial charge in [0.25, 0.3) is 0 Å². The molecule has 0 aromatic carbocycles. The lowest BCUT2D eigenvalue weighted by Crippen LogP contribution is -3.00. The van der Waals surface area contributed by atoms with Gasteiger partial charge in [-0.1, -0.05) is 0 Å². The fourth-order valence-corrected chi connectivity index (χ4v) is 1.61. The molecular weight excluding hydrogens is 198 g/mol. The summed E-state index contributed by atoms with van der Waals surface area (Å²) in [4.78, 5) is 0. The third kappa shape index (κ3) is 2.52. The molecule has 0 heterocycles. The maximum absolute atomic E-state index is 9.37. The molecule has 1 aliphatic rings. The highest BCUT2D eigenvalue weighted by Gasteiger charge is 2.42. The summed E-state index contributed by atoms with van der Waals surface area (Å²) < 4.78 is 0. The average molecular weight is 214 g/mol. The van der Waals surface area contributed by atoms with Crippen molar-refractivity contribution in [3.05, 3.63) is 0 Å². The lowest BCUT2D eigenvalue weighted by molar-refractivity contribution is -0.455. The van der Waals surface area contributed by atoms with E-state index in [0.717, 1.165) is 0 Å². The molecule has 0 amide bonds. The molecule has 80 valence electrons. The Labute approximate surface area is 82.6 Å². The molecule has 1 fully saturated rings. The number of aliphatic hydroxyl groups excluding tert-OH is 4. The zero-order valence-corrected chi connectivity index (χ0v) is 7.93. The molecule has 0 radical (unpaired) electrons. The van der Waals surface area contributed by atoms with E-state index in [4.69, 9.17) is 5.11 Å². The van der Waals surface area contributed by atoms with Crippen molar-refractivity contribution in [2.45, 2.75) is 30.8 Å². The van der Waals surface area contributed by atoms with Crippen molar-refractivity contribution in [2.24, 2.45) is 5.92 Å². The highest BCUT2D eigenvalue weighted by Crippen LogP contribution is 2.23. The van der Waals surface area contributed by atoms with Gasteiger partial charge >= 0.3 is 0 Å². The Morgan fingerprint density at radius 2 is 1.69 bits per heavy atom. The van der Waals surface area contributed by atoms with Gasteiger partial charge in [0.1, 0.15) is 12.1 Å². The summed E-state index contributed by atoms with van der Waals surface area (Å²) in [7, 11) is 0. The van der Waals surface area contributed by atoms with Gasteiger partial charge in [0, 0.05) is 12.3 Å². The van der Waals surface area contributed by atoms with Crippen LogP contribution < -0.4 is 18.1 Å². The van der Waals surface area contributed by atoms with Gasteiger partial charge in [-0.05, 0) is 0 Å². The molecule has 13 heavy (non-hydrogen) atoms. The fourth-order valence-electron chi connectivity index (χ4n) is 1.61. The Bertz CT molecular complexity index is 159. The number of quaternary nitrogens is 1. The molecule has 5 atom stereocenters. The first kappa shape index (κ1) is 13.1.